The number of para-hydroxylation sites is 1. The summed E-state index contributed by atoms with van der Waals surface area (Å²) in [4.78, 5) is 12.3. The highest BCUT2D eigenvalue weighted by molar-refractivity contribution is 6.33. The molecule has 2 heterocycles. The molecule has 0 fully saturated rings. The van der Waals surface area contributed by atoms with E-state index in [9.17, 15) is 0 Å². The summed E-state index contributed by atoms with van der Waals surface area (Å²) in [6.07, 6.45) is 4.68. The molecule has 2 aromatic heterocycles. The molecular formula is C12H8ClN5O. The van der Waals surface area contributed by atoms with E-state index in [0.29, 0.717) is 33.7 Å². The van der Waals surface area contributed by atoms with Crippen LogP contribution in [-0.4, -0.2) is 20.1 Å². The Balaban J connectivity index is 2.05. The molecule has 6 nitrogen and oxygen atoms in total. The number of halogens is 1. The van der Waals surface area contributed by atoms with Crippen molar-refractivity contribution < 1.29 is 4.52 Å². The molecule has 0 saturated carbocycles. The maximum atomic E-state index is 5.95. The lowest BCUT2D eigenvalue weighted by Gasteiger charge is -2.01. The van der Waals surface area contributed by atoms with Crippen LogP contribution in [0, 0.1) is 0 Å². The quantitative estimate of drug-likeness (QED) is 0.721. The van der Waals surface area contributed by atoms with Crippen molar-refractivity contribution in [2.24, 2.45) is 0 Å². The molecule has 0 aliphatic rings. The lowest BCUT2D eigenvalue weighted by Crippen LogP contribution is -1.91. The van der Waals surface area contributed by atoms with Gasteiger partial charge in [-0.05, 0) is 12.1 Å². The Bertz CT molecular complexity index is 713. The molecule has 19 heavy (non-hydrogen) atoms. The number of hydrogen-bond acceptors (Lipinski definition) is 6. The second-order valence-corrected chi connectivity index (χ2v) is 4.12. The molecule has 0 radical (unpaired) electrons. The first kappa shape index (κ1) is 11.6. The number of anilines is 1. The van der Waals surface area contributed by atoms with Gasteiger partial charge in [-0.3, -0.25) is 4.98 Å². The molecule has 2 N–H and O–H groups in total. The van der Waals surface area contributed by atoms with E-state index in [0.717, 1.165) is 0 Å². The van der Waals surface area contributed by atoms with Gasteiger partial charge >= 0.3 is 0 Å². The zero-order chi connectivity index (χ0) is 13.2. The summed E-state index contributed by atoms with van der Waals surface area (Å²) in [6.45, 7) is 0. The van der Waals surface area contributed by atoms with Crippen LogP contribution in [0.4, 0.5) is 5.69 Å². The highest BCUT2D eigenvalue weighted by Gasteiger charge is 2.14. The van der Waals surface area contributed by atoms with Crippen LogP contribution in [-0.2, 0) is 0 Å². The third-order valence-electron chi connectivity index (χ3n) is 2.50. The van der Waals surface area contributed by atoms with Gasteiger partial charge in [0.25, 0.3) is 5.89 Å². The zero-order valence-corrected chi connectivity index (χ0v) is 10.4. The summed E-state index contributed by atoms with van der Waals surface area (Å²) in [7, 11) is 0. The number of aromatic nitrogens is 4. The average Bonchev–Trinajstić information content (AvgIpc) is 2.92. The Morgan fingerprint density at radius 1 is 1.21 bits per heavy atom. The van der Waals surface area contributed by atoms with Gasteiger partial charge in [0.15, 0.2) is 0 Å². The molecule has 0 atom stereocenters. The SMILES string of the molecule is Nc1c(Cl)cccc1-c1nc(-c2cnccn2)no1. The largest absolute Gasteiger partial charge is 0.397 e. The van der Waals surface area contributed by atoms with Crippen LogP contribution in [0.15, 0.2) is 41.3 Å². The van der Waals surface area contributed by atoms with Gasteiger partial charge in [0, 0.05) is 12.4 Å². The summed E-state index contributed by atoms with van der Waals surface area (Å²) < 4.78 is 5.17. The zero-order valence-electron chi connectivity index (χ0n) is 9.62. The Labute approximate surface area is 113 Å². The average molecular weight is 274 g/mol. The minimum absolute atomic E-state index is 0.292. The number of hydrogen-bond donors (Lipinski definition) is 1. The molecule has 3 aromatic rings. The van der Waals surface area contributed by atoms with E-state index in [1.807, 2.05) is 0 Å². The summed E-state index contributed by atoms with van der Waals surface area (Å²) in [5.74, 6) is 0.642. The minimum Gasteiger partial charge on any atom is -0.397 e. The van der Waals surface area contributed by atoms with Crippen molar-refractivity contribution in [3.8, 4) is 23.0 Å². The predicted octanol–water partition coefficient (Wildman–Crippen LogP) is 2.43. The number of nitrogens with two attached hydrogens (primary N) is 1. The topological polar surface area (TPSA) is 90.7 Å². The number of nitrogen functional groups attached to an aromatic ring is 1. The van der Waals surface area contributed by atoms with Crippen LogP contribution >= 0.6 is 11.6 Å². The van der Waals surface area contributed by atoms with Gasteiger partial charge in [-0.1, -0.05) is 22.8 Å². The molecule has 0 amide bonds. The highest BCUT2D eigenvalue weighted by atomic mass is 35.5. The second-order valence-electron chi connectivity index (χ2n) is 3.71. The summed E-state index contributed by atoms with van der Waals surface area (Å²) >= 11 is 5.95. The van der Waals surface area contributed by atoms with Crippen LogP contribution in [0.25, 0.3) is 23.0 Å². The monoisotopic (exact) mass is 273 g/mol. The van der Waals surface area contributed by atoms with Crippen molar-refractivity contribution in [1.29, 1.82) is 0 Å². The maximum absolute atomic E-state index is 5.95. The minimum atomic E-state index is 0.292. The van der Waals surface area contributed by atoms with E-state index in [2.05, 4.69) is 20.1 Å². The van der Waals surface area contributed by atoms with Crippen molar-refractivity contribution in [1.82, 2.24) is 20.1 Å². The molecule has 7 heteroatoms. The lowest BCUT2D eigenvalue weighted by atomic mass is 10.2. The van der Waals surface area contributed by atoms with Gasteiger partial charge < -0.3 is 10.3 Å². The van der Waals surface area contributed by atoms with Crippen LogP contribution < -0.4 is 5.73 Å². The van der Waals surface area contributed by atoms with E-state index in [4.69, 9.17) is 21.9 Å². The third kappa shape index (κ3) is 2.13. The van der Waals surface area contributed by atoms with E-state index in [1.165, 1.54) is 0 Å². The van der Waals surface area contributed by atoms with Crippen molar-refractivity contribution in [3.05, 3.63) is 41.8 Å². The predicted molar refractivity (Wildman–Crippen MR) is 70.2 cm³/mol. The Kier molecular flexibility index (Phi) is 2.85. The first-order valence-corrected chi connectivity index (χ1v) is 5.78. The van der Waals surface area contributed by atoms with Gasteiger partial charge in [-0.15, -0.1) is 0 Å². The summed E-state index contributed by atoms with van der Waals surface area (Å²) in [5, 5.41) is 4.29. The van der Waals surface area contributed by atoms with Crippen molar-refractivity contribution >= 4 is 17.3 Å². The molecule has 0 saturated heterocycles. The molecule has 0 aliphatic carbocycles. The Morgan fingerprint density at radius 2 is 2.11 bits per heavy atom. The van der Waals surface area contributed by atoms with E-state index < -0.39 is 0 Å². The van der Waals surface area contributed by atoms with Crippen molar-refractivity contribution in [3.63, 3.8) is 0 Å². The third-order valence-corrected chi connectivity index (χ3v) is 2.83. The molecule has 94 valence electrons. The molecule has 3 rings (SSSR count). The van der Waals surface area contributed by atoms with Crippen molar-refractivity contribution in [2.75, 3.05) is 5.73 Å². The summed E-state index contributed by atoms with van der Waals surface area (Å²) in [6, 6.07) is 5.22. The number of benzene rings is 1. The normalized spacial score (nSPS) is 10.6. The summed E-state index contributed by atoms with van der Waals surface area (Å²) in [5.41, 5.74) is 7.40. The lowest BCUT2D eigenvalue weighted by molar-refractivity contribution is 0.432. The molecule has 1 aromatic carbocycles. The molecule has 0 bridgehead atoms. The van der Waals surface area contributed by atoms with Gasteiger partial charge in [-0.25, -0.2) is 4.98 Å². The second kappa shape index (κ2) is 4.66. The fraction of sp³-hybridized carbons (Fsp3) is 0. The molecular weight excluding hydrogens is 266 g/mol. The van der Waals surface area contributed by atoms with E-state index >= 15 is 0 Å². The number of rotatable bonds is 2. The van der Waals surface area contributed by atoms with E-state index in [-0.39, 0.29) is 0 Å². The fourth-order valence-corrected chi connectivity index (χ4v) is 1.75. The fourth-order valence-electron chi connectivity index (χ4n) is 1.58. The van der Waals surface area contributed by atoms with E-state index in [1.54, 1.807) is 36.8 Å². The highest BCUT2D eigenvalue weighted by Crippen LogP contribution is 2.31. The Morgan fingerprint density at radius 3 is 2.89 bits per heavy atom. The molecule has 0 aliphatic heterocycles. The maximum Gasteiger partial charge on any atom is 0.260 e. The van der Waals surface area contributed by atoms with Crippen molar-refractivity contribution in [2.45, 2.75) is 0 Å². The van der Waals surface area contributed by atoms with Crippen LogP contribution in [0.2, 0.25) is 5.02 Å². The standard InChI is InChI=1S/C12H8ClN5O/c13-8-3-1-2-7(10(8)14)12-17-11(18-19-12)9-6-15-4-5-16-9/h1-6H,14H2. The van der Waals surface area contributed by atoms with Gasteiger partial charge in [0.05, 0.1) is 22.5 Å². The van der Waals surface area contributed by atoms with Crippen LogP contribution in [0.1, 0.15) is 0 Å². The Hall–Kier alpha value is -2.47. The molecule has 0 spiro atoms. The van der Waals surface area contributed by atoms with Crippen LogP contribution in [0.3, 0.4) is 0 Å². The first-order chi connectivity index (χ1) is 9.25. The van der Waals surface area contributed by atoms with Gasteiger partial charge in [-0.2, -0.15) is 4.98 Å². The number of nitrogens with zero attached hydrogens (tertiary/aromatic N) is 4. The van der Waals surface area contributed by atoms with Gasteiger partial charge in [0.1, 0.15) is 5.69 Å². The smallest absolute Gasteiger partial charge is 0.260 e. The van der Waals surface area contributed by atoms with Gasteiger partial charge in [0.2, 0.25) is 5.82 Å². The molecule has 0 unspecified atom stereocenters. The first-order valence-electron chi connectivity index (χ1n) is 5.40. The van der Waals surface area contributed by atoms with Crippen LogP contribution in [0.5, 0.6) is 0 Å².